The zero-order valence-electron chi connectivity index (χ0n) is 10.3. The highest BCUT2D eigenvalue weighted by Gasteiger charge is 2.11. The van der Waals surface area contributed by atoms with Crippen LogP contribution in [0.2, 0.25) is 0 Å². The standard InChI is InChI=1S/C14H18O3/c1-10(2)9-17-13-6-4-5-12(8-13)7-11(3)14(15)16/h4-6,8,11H,1,7,9H2,2-3H3,(H,15,16). The van der Waals surface area contributed by atoms with Crippen LogP contribution in [-0.4, -0.2) is 17.7 Å². The van der Waals surface area contributed by atoms with Crippen LogP contribution in [0.5, 0.6) is 5.75 Å². The van der Waals surface area contributed by atoms with Gasteiger partial charge in [-0.25, -0.2) is 0 Å². The highest BCUT2D eigenvalue weighted by molar-refractivity contribution is 5.69. The first kappa shape index (κ1) is 13.3. The molecule has 92 valence electrons. The summed E-state index contributed by atoms with van der Waals surface area (Å²) < 4.78 is 5.50. The molecule has 0 saturated heterocycles. The number of carboxylic acid groups (broad SMARTS) is 1. The number of benzene rings is 1. The number of hydrogen-bond donors (Lipinski definition) is 1. The van der Waals surface area contributed by atoms with Crippen LogP contribution in [-0.2, 0) is 11.2 Å². The van der Waals surface area contributed by atoms with E-state index in [0.717, 1.165) is 16.9 Å². The van der Waals surface area contributed by atoms with Crippen molar-refractivity contribution in [3.05, 3.63) is 42.0 Å². The maximum Gasteiger partial charge on any atom is 0.306 e. The van der Waals surface area contributed by atoms with Gasteiger partial charge in [0.05, 0.1) is 5.92 Å². The van der Waals surface area contributed by atoms with Crippen molar-refractivity contribution in [2.45, 2.75) is 20.3 Å². The Morgan fingerprint density at radius 2 is 2.24 bits per heavy atom. The molecule has 1 unspecified atom stereocenters. The van der Waals surface area contributed by atoms with E-state index in [1.807, 2.05) is 31.2 Å². The molecule has 0 aliphatic heterocycles. The van der Waals surface area contributed by atoms with E-state index in [2.05, 4.69) is 6.58 Å². The Kier molecular flexibility index (Phi) is 4.76. The van der Waals surface area contributed by atoms with Gasteiger partial charge in [0.15, 0.2) is 0 Å². The molecular weight excluding hydrogens is 216 g/mol. The molecule has 1 rings (SSSR count). The smallest absolute Gasteiger partial charge is 0.306 e. The number of ether oxygens (including phenoxy) is 1. The Balaban J connectivity index is 2.65. The molecule has 3 heteroatoms. The maximum atomic E-state index is 10.8. The first-order chi connectivity index (χ1) is 7.99. The van der Waals surface area contributed by atoms with E-state index >= 15 is 0 Å². The summed E-state index contributed by atoms with van der Waals surface area (Å²) in [5.41, 5.74) is 1.92. The summed E-state index contributed by atoms with van der Waals surface area (Å²) in [6, 6.07) is 7.52. The molecule has 1 aromatic carbocycles. The van der Waals surface area contributed by atoms with Crippen molar-refractivity contribution in [2.24, 2.45) is 5.92 Å². The van der Waals surface area contributed by atoms with Crippen molar-refractivity contribution in [3.8, 4) is 5.75 Å². The van der Waals surface area contributed by atoms with E-state index in [4.69, 9.17) is 9.84 Å². The fourth-order valence-electron chi connectivity index (χ4n) is 1.41. The molecule has 0 saturated carbocycles. The molecule has 0 bridgehead atoms. The molecule has 17 heavy (non-hydrogen) atoms. The summed E-state index contributed by atoms with van der Waals surface area (Å²) in [6.45, 7) is 7.84. The van der Waals surface area contributed by atoms with Gasteiger partial charge in [0.1, 0.15) is 12.4 Å². The number of aliphatic carboxylic acids is 1. The highest BCUT2D eigenvalue weighted by Crippen LogP contribution is 2.17. The first-order valence-electron chi connectivity index (χ1n) is 5.58. The van der Waals surface area contributed by atoms with Gasteiger partial charge in [-0.05, 0) is 36.6 Å². The van der Waals surface area contributed by atoms with Crippen LogP contribution in [0.4, 0.5) is 0 Å². The second-order valence-corrected chi connectivity index (χ2v) is 4.34. The van der Waals surface area contributed by atoms with Crippen molar-refractivity contribution in [3.63, 3.8) is 0 Å². The van der Waals surface area contributed by atoms with Crippen molar-refractivity contribution in [1.82, 2.24) is 0 Å². The molecule has 0 fully saturated rings. The number of carbonyl (C=O) groups is 1. The summed E-state index contributed by atoms with van der Waals surface area (Å²) in [5.74, 6) is -0.410. The lowest BCUT2D eigenvalue weighted by Crippen LogP contribution is -2.12. The van der Waals surface area contributed by atoms with Crippen LogP contribution in [0.1, 0.15) is 19.4 Å². The summed E-state index contributed by atoms with van der Waals surface area (Å²) in [5, 5.41) is 8.85. The molecule has 1 N–H and O–H groups in total. The first-order valence-corrected chi connectivity index (χ1v) is 5.58. The van der Waals surface area contributed by atoms with Gasteiger partial charge >= 0.3 is 5.97 Å². The molecule has 0 spiro atoms. The van der Waals surface area contributed by atoms with Gasteiger partial charge in [-0.15, -0.1) is 0 Å². The van der Waals surface area contributed by atoms with Crippen LogP contribution < -0.4 is 4.74 Å². The predicted octanol–water partition coefficient (Wildman–Crippen LogP) is 2.90. The van der Waals surface area contributed by atoms with Crippen molar-refractivity contribution < 1.29 is 14.6 Å². The van der Waals surface area contributed by atoms with Gasteiger partial charge in [0.25, 0.3) is 0 Å². The van der Waals surface area contributed by atoms with E-state index in [-0.39, 0.29) is 5.92 Å². The highest BCUT2D eigenvalue weighted by atomic mass is 16.5. The second-order valence-electron chi connectivity index (χ2n) is 4.34. The third-order valence-corrected chi connectivity index (χ3v) is 2.35. The molecule has 0 aliphatic carbocycles. The minimum absolute atomic E-state index is 0.383. The Labute approximate surface area is 102 Å². The number of rotatable bonds is 6. The normalized spacial score (nSPS) is 11.9. The Morgan fingerprint density at radius 3 is 2.82 bits per heavy atom. The summed E-state index contributed by atoms with van der Waals surface area (Å²) in [7, 11) is 0. The average Bonchev–Trinajstić information content (AvgIpc) is 2.26. The van der Waals surface area contributed by atoms with Crippen molar-refractivity contribution in [2.75, 3.05) is 6.61 Å². The van der Waals surface area contributed by atoms with Crippen LogP contribution in [0, 0.1) is 5.92 Å². The summed E-state index contributed by atoms with van der Waals surface area (Å²) in [6.07, 6.45) is 0.513. The monoisotopic (exact) mass is 234 g/mol. The number of hydrogen-bond acceptors (Lipinski definition) is 2. The Morgan fingerprint density at radius 1 is 1.53 bits per heavy atom. The molecule has 1 aromatic rings. The molecule has 1 atom stereocenters. The maximum absolute atomic E-state index is 10.8. The van der Waals surface area contributed by atoms with E-state index in [1.54, 1.807) is 6.92 Å². The minimum Gasteiger partial charge on any atom is -0.489 e. The van der Waals surface area contributed by atoms with Gasteiger partial charge in [0.2, 0.25) is 0 Å². The van der Waals surface area contributed by atoms with Crippen molar-refractivity contribution in [1.29, 1.82) is 0 Å². The molecule has 0 radical (unpaired) electrons. The fraction of sp³-hybridized carbons (Fsp3) is 0.357. The van der Waals surface area contributed by atoms with E-state index in [9.17, 15) is 4.79 Å². The van der Waals surface area contributed by atoms with Crippen LogP contribution in [0.15, 0.2) is 36.4 Å². The molecule has 0 amide bonds. The lowest BCUT2D eigenvalue weighted by molar-refractivity contribution is -0.141. The van der Waals surface area contributed by atoms with Gasteiger partial charge in [-0.2, -0.15) is 0 Å². The van der Waals surface area contributed by atoms with Crippen molar-refractivity contribution >= 4 is 5.97 Å². The summed E-state index contributed by atoms with van der Waals surface area (Å²) >= 11 is 0. The second kappa shape index (κ2) is 6.09. The molecule has 0 heterocycles. The molecule has 0 aliphatic rings. The molecular formula is C14H18O3. The largest absolute Gasteiger partial charge is 0.489 e. The summed E-state index contributed by atoms with van der Waals surface area (Å²) in [4.78, 5) is 10.8. The van der Waals surface area contributed by atoms with Gasteiger partial charge in [0, 0.05) is 0 Å². The zero-order valence-corrected chi connectivity index (χ0v) is 10.3. The lowest BCUT2D eigenvalue weighted by Gasteiger charge is -2.09. The van der Waals surface area contributed by atoms with Crippen LogP contribution in [0.25, 0.3) is 0 Å². The van der Waals surface area contributed by atoms with E-state index in [0.29, 0.717) is 13.0 Å². The predicted molar refractivity (Wildman–Crippen MR) is 67.3 cm³/mol. The fourth-order valence-corrected chi connectivity index (χ4v) is 1.41. The molecule has 0 aromatic heterocycles. The minimum atomic E-state index is -0.779. The Hall–Kier alpha value is -1.77. The van der Waals surface area contributed by atoms with Crippen LogP contribution >= 0.6 is 0 Å². The van der Waals surface area contributed by atoms with E-state index < -0.39 is 5.97 Å². The van der Waals surface area contributed by atoms with Gasteiger partial charge in [-0.1, -0.05) is 25.6 Å². The lowest BCUT2D eigenvalue weighted by atomic mass is 10.0. The number of carboxylic acids is 1. The zero-order chi connectivity index (χ0) is 12.8. The van der Waals surface area contributed by atoms with Crippen LogP contribution in [0.3, 0.4) is 0 Å². The van der Waals surface area contributed by atoms with Gasteiger partial charge < -0.3 is 9.84 Å². The van der Waals surface area contributed by atoms with E-state index in [1.165, 1.54) is 0 Å². The Bertz CT molecular complexity index is 410. The topological polar surface area (TPSA) is 46.5 Å². The third kappa shape index (κ3) is 4.72. The van der Waals surface area contributed by atoms with Gasteiger partial charge in [-0.3, -0.25) is 4.79 Å². The quantitative estimate of drug-likeness (QED) is 0.770. The SMILES string of the molecule is C=C(C)COc1cccc(CC(C)C(=O)O)c1. The molecule has 3 nitrogen and oxygen atoms in total. The third-order valence-electron chi connectivity index (χ3n) is 2.35. The average molecular weight is 234 g/mol.